The van der Waals surface area contributed by atoms with Crippen LogP contribution in [0.2, 0.25) is 0 Å². The molecule has 6 nitrogen and oxygen atoms in total. The SMILES string of the molecule is Cl.Cl.O=C(CC1COCCN1)NCCN1CCOCC1. The molecule has 0 aliphatic carbocycles. The lowest BCUT2D eigenvalue weighted by molar-refractivity contribution is -0.122. The standard InChI is InChI=1S/C12H23N3O3.2ClH/c16-12(9-11-10-18-6-2-13-11)14-1-3-15-4-7-17-8-5-15;;/h11,13H,1-10H2,(H,14,16);2*1H. The third kappa shape index (κ3) is 7.61. The molecule has 8 heteroatoms. The van der Waals surface area contributed by atoms with Crippen molar-refractivity contribution < 1.29 is 14.3 Å². The van der Waals surface area contributed by atoms with Crippen LogP contribution in [-0.4, -0.2) is 76.0 Å². The highest BCUT2D eigenvalue weighted by Gasteiger charge is 2.16. The van der Waals surface area contributed by atoms with Gasteiger partial charge in [-0.15, -0.1) is 24.8 Å². The topological polar surface area (TPSA) is 62.8 Å². The van der Waals surface area contributed by atoms with Gasteiger partial charge in [-0.1, -0.05) is 0 Å². The fraction of sp³-hybridized carbons (Fsp3) is 0.917. The van der Waals surface area contributed by atoms with E-state index in [1.54, 1.807) is 0 Å². The molecule has 2 heterocycles. The van der Waals surface area contributed by atoms with Gasteiger partial charge in [-0.2, -0.15) is 0 Å². The Morgan fingerprint density at radius 2 is 1.95 bits per heavy atom. The summed E-state index contributed by atoms with van der Waals surface area (Å²) < 4.78 is 10.6. The number of nitrogens with one attached hydrogen (secondary N) is 2. The van der Waals surface area contributed by atoms with E-state index in [0.717, 1.165) is 46.0 Å². The zero-order valence-corrected chi connectivity index (χ0v) is 13.3. The molecule has 1 atom stereocenters. The van der Waals surface area contributed by atoms with Gasteiger partial charge in [0.1, 0.15) is 0 Å². The Balaban J connectivity index is 0.00000180. The van der Waals surface area contributed by atoms with E-state index in [9.17, 15) is 4.79 Å². The van der Waals surface area contributed by atoms with E-state index in [0.29, 0.717) is 19.6 Å². The second-order valence-electron chi connectivity index (χ2n) is 4.73. The molecule has 0 radical (unpaired) electrons. The van der Waals surface area contributed by atoms with Crippen molar-refractivity contribution in [3.63, 3.8) is 0 Å². The van der Waals surface area contributed by atoms with Gasteiger partial charge in [0.2, 0.25) is 5.91 Å². The molecule has 120 valence electrons. The summed E-state index contributed by atoms with van der Waals surface area (Å²) in [7, 11) is 0. The van der Waals surface area contributed by atoms with E-state index in [-0.39, 0.29) is 36.8 Å². The monoisotopic (exact) mass is 329 g/mol. The van der Waals surface area contributed by atoms with Crippen molar-refractivity contribution in [2.24, 2.45) is 0 Å². The van der Waals surface area contributed by atoms with Gasteiger partial charge in [-0.05, 0) is 0 Å². The summed E-state index contributed by atoms with van der Waals surface area (Å²) in [4.78, 5) is 14.0. The van der Waals surface area contributed by atoms with Gasteiger partial charge in [0.15, 0.2) is 0 Å². The van der Waals surface area contributed by atoms with Crippen molar-refractivity contribution in [2.75, 3.05) is 59.2 Å². The second kappa shape index (κ2) is 11.5. The molecule has 0 bridgehead atoms. The van der Waals surface area contributed by atoms with Gasteiger partial charge in [0.25, 0.3) is 0 Å². The van der Waals surface area contributed by atoms with Gasteiger partial charge in [-0.3, -0.25) is 9.69 Å². The van der Waals surface area contributed by atoms with Gasteiger partial charge in [0, 0.05) is 45.2 Å². The highest BCUT2D eigenvalue weighted by atomic mass is 35.5. The van der Waals surface area contributed by atoms with Crippen molar-refractivity contribution >= 4 is 30.7 Å². The highest BCUT2D eigenvalue weighted by Crippen LogP contribution is 1.98. The van der Waals surface area contributed by atoms with Crippen LogP contribution in [0.1, 0.15) is 6.42 Å². The Labute approximate surface area is 132 Å². The van der Waals surface area contributed by atoms with Crippen LogP contribution in [0.15, 0.2) is 0 Å². The lowest BCUT2D eigenvalue weighted by Crippen LogP contribution is -2.45. The molecule has 0 spiro atoms. The Morgan fingerprint density at radius 1 is 1.20 bits per heavy atom. The molecule has 1 amide bonds. The largest absolute Gasteiger partial charge is 0.379 e. The first-order valence-electron chi connectivity index (χ1n) is 6.72. The van der Waals surface area contributed by atoms with Crippen LogP contribution in [-0.2, 0) is 14.3 Å². The number of hydrogen-bond acceptors (Lipinski definition) is 5. The summed E-state index contributed by atoms with van der Waals surface area (Å²) in [6, 6.07) is 0.169. The molecule has 1 unspecified atom stereocenters. The van der Waals surface area contributed by atoms with Gasteiger partial charge in [0.05, 0.1) is 26.4 Å². The number of rotatable bonds is 5. The molecule has 0 saturated carbocycles. The molecular formula is C12H25Cl2N3O3. The van der Waals surface area contributed by atoms with Crippen LogP contribution >= 0.6 is 24.8 Å². The zero-order valence-electron chi connectivity index (χ0n) is 11.6. The first kappa shape index (κ1) is 19.9. The second-order valence-corrected chi connectivity index (χ2v) is 4.73. The van der Waals surface area contributed by atoms with E-state index in [1.165, 1.54) is 0 Å². The summed E-state index contributed by atoms with van der Waals surface area (Å²) in [5.41, 5.74) is 0. The van der Waals surface area contributed by atoms with Gasteiger partial charge >= 0.3 is 0 Å². The van der Waals surface area contributed by atoms with Crippen molar-refractivity contribution in [1.29, 1.82) is 0 Å². The van der Waals surface area contributed by atoms with E-state index < -0.39 is 0 Å². The van der Waals surface area contributed by atoms with Crippen LogP contribution in [0.3, 0.4) is 0 Å². The number of amides is 1. The minimum Gasteiger partial charge on any atom is -0.379 e. The fourth-order valence-electron chi connectivity index (χ4n) is 2.22. The van der Waals surface area contributed by atoms with Crippen molar-refractivity contribution in [3.05, 3.63) is 0 Å². The number of ether oxygens (including phenoxy) is 2. The lowest BCUT2D eigenvalue weighted by Gasteiger charge is -2.27. The third-order valence-electron chi connectivity index (χ3n) is 3.28. The summed E-state index contributed by atoms with van der Waals surface area (Å²) in [5, 5.41) is 6.24. The maximum absolute atomic E-state index is 11.7. The van der Waals surface area contributed by atoms with E-state index >= 15 is 0 Å². The van der Waals surface area contributed by atoms with Crippen molar-refractivity contribution in [3.8, 4) is 0 Å². The van der Waals surface area contributed by atoms with Crippen LogP contribution in [0.5, 0.6) is 0 Å². The van der Waals surface area contributed by atoms with Gasteiger partial charge in [-0.25, -0.2) is 0 Å². The number of carbonyl (C=O) groups is 1. The highest BCUT2D eigenvalue weighted by molar-refractivity contribution is 5.85. The van der Waals surface area contributed by atoms with Gasteiger partial charge < -0.3 is 20.1 Å². The Hall–Kier alpha value is -0.110. The molecular weight excluding hydrogens is 305 g/mol. The first-order chi connectivity index (χ1) is 8.84. The van der Waals surface area contributed by atoms with E-state index in [2.05, 4.69) is 15.5 Å². The summed E-state index contributed by atoms with van der Waals surface area (Å²) in [6.45, 7) is 7.38. The average Bonchev–Trinajstić information content (AvgIpc) is 2.41. The molecule has 2 N–H and O–H groups in total. The summed E-state index contributed by atoms with van der Waals surface area (Å²) >= 11 is 0. The Bertz CT molecular complexity index is 260. The minimum absolute atomic E-state index is 0. The maximum Gasteiger partial charge on any atom is 0.221 e. The number of nitrogens with zero attached hydrogens (tertiary/aromatic N) is 1. The number of carbonyl (C=O) groups excluding carboxylic acids is 1. The molecule has 2 aliphatic rings. The predicted molar refractivity (Wildman–Crippen MR) is 82.0 cm³/mol. The number of halogens is 2. The molecule has 2 saturated heterocycles. The van der Waals surface area contributed by atoms with Crippen LogP contribution in [0, 0.1) is 0 Å². The predicted octanol–water partition coefficient (Wildman–Crippen LogP) is -0.343. The lowest BCUT2D eigenvalue weighted by atomic mass is 10.2. The maximum atomic E-state index is 11.7. The smallest absolute Gasteiger partial charge is 0.221 e. The summed E-state index contributed by atoms with van der Waals surface area (Å²) in [5.74, 6) is 0.103. The van der Waals surface area contributed by atoms with Crippen molar-refractivity contribution in [1.82, 2.24) is 15.5 Å². The van der Waals surface area contributed by atoms with Crippen LogP contribution in [0.25, 0.3) is 0 Å². The fourth-order valence-corrected chi connectivity index (χ4v) is 2.22. The average molecular weight is 330 g/mol. The molecule has 0 aromatic rings. The number of hydrogen-bond donors (Lipinski definition) is 2. The quantitative estimate of drug-likeness (QED) is 0.722. The zero-order chi connectivity index (χ0) is 12.6. The van der Waals surface area contributed by atoms with Crippen LogP contribution < -0.4 is 10.6 Å². The molecule has 0 aromatic carbocycles. The minimum atomic E-state index is 0. The molecule has 0 aromatic heterocycles. The third-order valence-corrected chi connectivity index (χ3v) is 3.28. The summed E-state index contributed by atoms with van der Waals surface area (Å²) in [6.07, 6.45) is 0.503. The van der Waals surface area contributed by atoms with Crippen LogP contribution in [0.4, 0.5) is 0 Å². The molecule has 2 aliphatic heterocycles. The van der Waals surface area contributed by atoms with E-state index in [4.69, 9.17) is 9.47 Å². The van der Waals surface area contributed by atoms with Crippen molar-refractivity contribution in [2.45, 2.75) is 12.5 Å². The molecule has 2 fully saturated rings. The Kier molecular flexibility index (Phi) is 11.5. The first-order valence-corrected chi connectivity index (χ1v) is 6.72. The number of morpholine rings is 2. The molecule has 20 heavy (non-hydrogen) atoms. The molecule has 2 rings (SSSR count). The normalized spacial score (nSPS) is 23.3. The Morgan fingerprint density at radius 3 is 2.60 bits per heavy atom. The van der Waals surface area contributed by atoms with E-state index in [1.807, 2.05) is 0 Å².